The smallest absolute Gasteiger partial charge is 0.345 e. The Morgan fingerprint density at radius 3 is 3.10 bits per heavy atom. The van der Waals surface area contributed by atoms with Gasteiger partial charge in [0.2, 0.25) is 0 Å². The van der Waals surface area contributed by atoms with E-state index in [1.54, 1.807) is 6.07 Å². The topological polar surface area (TPSA) is 66.6 Å². The molecule has 0 aromatic carbocycles. The summed E-state index contributed by atoms with van der Waals surface area (Å²) in [4.78, 5) is 14.7. The van der Waals surface area contributed by atoms with E-state index in [1.807, 2.05) is 19.1 Å². The molecular formula is C14H16N2O3S. The molecule has 1 aliphatic heterocycles. The van der Waals surface area contributed by atoms with E-state index < -0.39 is 5.97 Å². The molecule has 3 heterocycles. The third-order valence-corrected chi connectivity index (χ3v) is 4.63. The number of hydrogen-bond acceptors (Lipinski definition) is 5. The second-order valence-corrected chi connectivity index (χ2v) is 6.33. The Balaban J connectivity index is 1.61. The summed E-state index contributed by atoms with van der Waals surface area (Å²) in [5.74, 6) is 0.509. The van der Waals surface area contributed by atoms with Crippen LogP contribution in [0.1, 0.15) is 38.3 Å². The van der Waals surface area contributed by atoms with E-state index in [1.165, 1.54) is 11.3 Å². The van der Waals surface area contributed by atoms with Gasteiger partial charge in [0.25, 0.3) is 0 Å². The second kappa shape index (κ2) is 5.38. The largest absolute Gasteiger partial charge is 0.477 e. The fourth-order valence-corrected chi connectivity index (χ4v) is 3.47. The molecular weight excluding hydrogens is 276 g/mol. The van der Waals surface area contributed by atoms with Crippen LogP contribution in [-0.2, 0) is 6.54 Å². The third-order valence-electron chi connectivity index (χ3n) is 3.57. The number of aromatic carboxylic acids is 1. The van der Waals surface area contributed by atoms with Crippen molar-refractivity contribution in [3.8, 4) is 0 Å². The van der Waals surface area contributed by atoms with Gasteiger partial charge in [0.1, 0.15) is 10.6 Å². The van der Waals surface area contributed by atoms with Crippen molar-refractivity contribution in [2.75, 3.05) is 13.1 Å². The molecule has 1 atom stereocenters. The minimum atomic E-state index is -0.849. The quantitative estimate of drug-likeness (QED) is 0.938. The maximum atomic E-state index is 10.9. The molecule has 0 spiro atoms. The number of carboxylic acid groups (broad SMARTS) is 1. The van der Waals surface area contributed by atoms with Crippen LogP contribution in [0.4, 0.5) is 0 Å². The summed E-state index contributed by atoms with van der Waals surface area (Å²) >= 11 is 1.35. The van der Waals surface area contributed by atoms with Gasteiger partial charge in [-0.1, -0.05) is 5.16 Å². The maximum absolute atomic E-state index is 10.9. The van der Waals surface area contributed by atoms with Crippen LogP contribution >= 0.6 is 11.3 Å². The van der Waals surface area contributed by atoms with E-state index in [0.29, 0.717) is 10.8 Å². The Morgan fingerprint density at radius 1 is 1.60 bits per heavy atom. The monoisotopic (exact) mass is 292 g/mol. The number of carboxylic acids is 1. The summed E-state index contributed by atoms with van der Waals surface area (Å²) in [6, 6.07) is 5.58. The van der Waals surface area contributed by atoms with Gasteiger partial charge in [-0.25, -0.2) is 4.79 Å². The fourth-order valence-electron chi connectivity index (χ4n) is 2.58. The first-order valence-corrected chi connectivity index (χ1v) is 7.41. The lowest BCUT2D eigenvalue weighted by atomic mass is 10.1. The van der Waals surface area contributed by atoms with E-state index in [0.717, 1.165) is 42.4 Å². The lowest BCUT2D eigenvalue weighted by Gasteiger charge is -2.13. The highest BCUT2D eigenvalue weighted by Gasteiger charge is 2.27. The van der Waals surface area contributed by atoms with Crippen molar-refractivity contribution in [1.29, 1.82) is 0 Å². The number of carbonyl (C=O) groups is 1. The molecule has 20 heavy (non-hydrogen) atoms. The number of thiophene rings is 1. The number of likely N-dealkylation sites (tertiary alicyclic amines) is 1. The first-order chi connectivity index (χ1) is 9.61. The molecule has 6 heteroatoms. The molecule has 0 saturated carbocycles. The predicted molar refractivity (Wildman–Crippen MR) is 75.2 cm³/mol. The van der Waals surface area contributed by atoms with E-state index in [-0.39, 0.29) is 0 Å². The van der Waals surface area contributed by atoms with E-state index in [4.69, 9.17) is 9.63 Å². The highest BCUT2D eigenvalue weighted by molar-refractivity contribution is 7.13. The zero-order valence-corrected chi connectivity index (χ0v) is 12.0. The van der Waals surface area contributed by atoms with Crippen molar-refractivity contribution in [2.45, 2.75) is 25.8 Å². The van der Waals surface area contributed by atoms with Gasteiger partial charge < -0.3 is 9.63 Å². The number of hydrogen-bond donors (Lipinski definition) is 1. The van der Waals surface area contributed by atoms with Gasteiger partial charge in [-0.2, -0.15) is 0 Å². The Hall–Kier alpha value is -1.66. The van der Waals surface area contributed by atoms with Crippen LogP contribution in [-0.4, -0.2) is 34.2 Å². The van der Waals surface area contributed by atoms with Crippen molar-refractivity contribution < 1.29 is 14.4 Å². The molecule has 0 amide bonds. The van der Waals surface area contributed by atoms with Gasteiger partial charge in [-0.05, 0) is 32.0 Å². The first-order valence-electron chi connectivity index (χ1n) is 6.59. The molecule has 0 bridgehead atoms. The summed E-state index contributed by atoms with van der Waals surface area (Å²) < 4.78 is 5.33. The summed E-state index contributed by atoms with van der Waals surface area (Å²) in [5.41, 5.74) is 0.919. The molecule has 1 fully saturated rings. The molecule has 106 valence electrons. The minimum absolute atomic E-state index is 0.398. The van der Waals surface area contributed by atoms with Crippen molar-refractivity contribution >= 4 is 17.3 Å². The van der Waals surface area contributed by atoms with Gasteiger partial charge in [-0.15, -0.1) is 11.3 Å². The van der Waals surface area contributed by atoms with Crippen LogP contribution in [0.25, 0.3) is 0 Å². The van der Waals surface area contributed by atoms with E-state index >= 15 is 0 Å². The first kappa shape index (κ1) is 13.3. The molecule has 3 rings (SSSR count). The summed E-state index contributed by atoms with van der Waals surface area (Å²) in [5, 5.41) is 12.9. The molecule has 5 nitrogen and oxygen atoms in total. The van der Waals surface area contributed by atoms with Crippen LogP contribution in [0.5, 0.6) is 0 Å². The standard InChI is InChI=1S/C14H16N2O3S/c1-9-6-12(19-15-9)10-4-5-16(7-10)8-11-2-3-13(20-11)14(17)18/h2-3,6,10H,4-5,7-8H2,1H3,(H,17,18). The maximum Gasteiger partial charge on any atom is 0.345 e. The van der Waals surface area contributed by atoms with E-state index in [2.05, 4.69) is 10.1 Å². The van der Waals surface area contributed by atoms with Gasteiger partial charge in [-0.3, -0.25) is 4.90 Å². The van der Waals surface area contributed by atoms with Gasteiger partial charge in [0.15, 0.2) is 0 Å². The fraction of sp³-hybridized carbons (Fsp3) is 0.429. The van der Waals surface area contributed by atoms with Crippen molar-refractivity contribution in [3.63, 3.8) is 0 Å². The van der Waals surface area contributed by atoms with Crippen molar-refractivity contribution in [1.82, 2.24) is 10.1 Å². The zero-order valence-electron chi connectivity index (χ0n) is 11.2. The molecule has 2 aromatic heterocycles. The Kier molecular flexibility index (Phi) is 3.58. The minimum Gasteiger partial charge on any atom is -0.477 e. The predicted octanol–water partition coefficient (Wildman–Crippen LogP) is 2.73. The molecule has 1 aliphatic rings. The Labute approximate surface area is 120 Å². The van der Waals surface area contributed by atoms with Gasteiger partial charge in [0.05, 0.1) is 5.69 Å². The Morgan fingerprint density at radius 2 is 2.45 bits per heavy atom. The number of nitrogens with zero attached hydrogens (tertiary/aromatic N) is 2. The summed E-state index contributed by atoms with van der Waals surface area (Å²) in [6.07, 6.45) is 1.06. The SMILES string of the molecule is Cc1cc(C2CCN(Cc3ccc(C(=O)O)s3)C2)on1. The third kappa shape index (κ3) is 2.76. The molecule has 1 N–H and O–H groups in total. The molecule has 0 radical (unpaired) electrons. The number of aryl methyl sites for hydroxylation is 1. The molecule has 2 aromatic rings. The Bertz CT molecular complexity index is 619. The summed E-state index contributed by atoms with van der Waals surface area (Å²) in [6.45, 7) is 4.68. The van der Waals surface area contributed by atoms with Crippen LogP contribution in [0, 0.1) is 6.92 Å². The van der Waals surface area contributed by atoms with E-state index in [9.17, 15) is 4.79 Å². The van der Waals surface area contributed by atoms with Crippen LogP contribution in [0.2, 0.25) is 0 Å². The van der Waals surface area contributed by atoms with Crippen LogP contribution in [0.15, 0.2) is 22.7 Å². The lowest BCUT2D eigenvalue weighted by Crippen LogP contribution is -2.19. The average Bonchev–Trinajstić information content (AvgIpc) is 3.09. The lowest BCUT2D eigenvalue weighted by molar-refractivity contribution is 0.0702. The molecule has 0 aliphatic carbocycles. The van der Waals surface area contributed by atoms with Crippen LogP contribution < -0.4 is 0 Å². The van der Waals surface area contributed by atoms with Crippen LogP contribution in [0.3, 0.4) is 0 Å². The zero-order chi connectivity index (χ0) is 14.1. The highest BCUT2D eigenvalue weighted by atomic mass is 32.1. The second-order valence-electron chi connectivity index (χ2n) is 5.16. The summed E-state index contributed by atoms with van der Waals surface area (Å²) in [7, 11) is 0. The van der Waals surface area contributed by atoms with Crippen molar-refractivity contribution in [3.05, 3.63) is 39.4 Å². The highest BCUT2D eigenvalue weighted by Crippen LogP contribution is 2.29. The average molecular weight is 292 g/mol. The van der Waals surface area contributed by atoms with Gasteiger partial charge >= 0.3 is 5.97 Å². The molecule has 1 saturated heterocycles. The van der Waals surface area contributed by atoms with Crippen molar-refractivity contribution in [2.24, 2.45) is 0 Å². The number of aromatic nitrogens is 1. The van der Waals surface area contributed by atoms with Gasteiger partial charge in [0, 0.05) is 30.0 Å². The number of rotatable bonds is 4. The normalized spacial score (nSPS) is 19.6. The molecule has 1 unspecified atom stereocenters.